The van der Waals surface area contributed by atoms with Crippen LogP contribution in [0, 0.1) is 0 Å². The second kappa shape index (κ2) is 11.2. The summed E-state index contributed by atoms with van der Waals surface area (Å²) < 4.78 is 13.1. The summed E-state index contributed by atoms with van der Waals surface area (Å²) in [7, 11) is 0. The maximum atomic E-state index is 13.4. The summed E-state index contributed by atoms with van der Waals surface area (Å²) in [5.74, 6) is 1.29. The average molecular weight is 538 g/mol. The standard InChI is InChI=1S/C32H28ClN3O3/c33-25-12-14-31-35-19-28(36(31)20-25)27(24-11-13-29-30(17-24)39-21-38-29)18-32(37)34-16-15-26(22-7-3-1-4-8-22)23-9-5-2-6-10-23/h1-14,17,19-20,26-27H,15-16,18,21H2,(H,34,37). The van der Waals surface area contributed by atoms with Crippen molar-refractivity contribution in [2.45, 2.75) is 24.7 Å². The normalized spacial score (nSPS) is 13.1. The molecule has 1 aliphatic rings. The lowest BCUT2D eigenvalue weighted by atomic mass is 9.88. The van der Waals surface area contributed by atoms with Gasteiger partial charge in [0, 0.05) is 37.2 Å². The number of halogens is 1. The SMILES string of the molecule is O=C(CC(c1ccc2c(c1)OCO2)c1cnc2ccc(Cl)cn12)NCCC(c1ccccc1)c1ccccc1. The Kier molecular flexibility index (Phi) is 7.19. The Morgan fingerprint density at radius 2 is 1.59 bits per heavy atom. The van der Waals surface area contributed by atoms with Gasteiger partial charge in [0.1, 0.15) is 5.65 Å². The molecule has 1 atom stereocenters. The quantitative estimate of drug-likeness (QED) is 0.231. The fourth-order valence-electron chi connectivity index (χ4n) is 5.26. The maximum absolute atomic E-state index is 13.4. The van der Waals surface area contributed by atoms with E-state index in [2.05, 4.69) is 58.8 Å². The lowest BCUT2D eigenvalue weighted by Crippen LogP contribution is -2.27. The second-order valence-corrected chi connectivity index (χ2v) is 10.1. The largest absolute Gasteiger partial charge is 0.454 e. The summed E-state index contributed by atoms with van der Waals surface area (Å²) in [6.45, 7) is 0.749. The van der Waals surface area contributed by atoms with Crippen LogP contribution in [0.1, 0.15) is 47.1 Å². The highest BCUT2D eigenvalue weighted by Gasteiger charge is 2.25. The molecule has 1 amide bonds. The first-order valence-electron chi connectivity index (χ1n) is 13.0. The first kappa shape index (κ1) is 25.0. The first-order valence-corrected chi connectivity index (χ1v) is 13.4. The molecule has 0 fully saturated rings. The maximum Gasteiger partial charge on any atom is 0.231 e. The van der Waals surface area contributed by atoms with Gasteiger partial charge in [-0.05, 0) is 47.4 Å². The lowest BCUT2D eigenvalue weighted by Gasteiger charge is -2.20. The van der Waals surface area contributed by atoms with Crippen molar-refractivity contribution in [3.63, 3.8) is 0 Å². The number of hydrogen-bond donors (Lipinski definition) is 1. The fraction of sp³-hybridized carbons (Fsp3) is 0.188. The molecule has 1 N–H and O–H groups in total. The third-order valence-electron chi connectivity index (χ3n) is 7.20. The predicted molar refractivity (Wildman–Crippen MR) is 152 cm³/mol. The first-order chi connectivity index (χ1) is 19.2. The van der Waals surface area contributed by atoms with Crippen LogP contribution in [0.2, 0.25) is 5.02 Å². The number of fused-ring (bicyclic) bond motifs is 2. The van der Waals surface area contributed by atoms with Crippen LogP contribution in [0.3, 0.4) is 0 Å². The van der Waals surface area contributed by atoms with E-state index in [4.69, 9.17) is 21.1 Å². The number of carbonyl (C=O) groups is 1. The molecule has 1 aliphatic heterocycles. The van der Waals surface area contributed by atoms with Crippen molar-refractivity contribution in [2.75, 3.05) is 13.3 Å². The molecule has 0 radical (unpaired) electrons. The minimum absolute atomic E-state index is 0.0329. The summed E-state index contributed by atoms with van der Waals surface area (Å²) in [5.41, 5.74) is 5.07. The van der Waals surface area contributed by atoms with E-state index in [1.165, 1.54) is 11.1 Å². The second-order valence-electron chi connectivity index (χ2n) is 9.64. The molecule has 6 nitrogen and oxygen atoms in total. The molecule has 0 spiro atoms. The highest BCUT2D eigenvalue weighted by atomic mass is 35.5. The van der Waals surface area contributed by atoms with E-state index in [1.807, 2.05) is 59.3 Å². The number of benzene rings is 3. The molecule has 0 aliphatic carbocycles. The zero-order valence-corrected chi connectivity index (χ0v) is 22.1. The topological polar surface area (TPSA) is 64.9 Å². The number of amides is 1. The van der Waals surface area contributed by atoms with Gasteiger partial charge in [-0.1, -0.05) is 78.3 Å². The molecule has 5 aromatic rings. The Morgan fingerprint density at radius 3 is 2.33 bits per heavy atom. The lowest BCUT2D eigenvalue weighted by molar-refractivity contribution is -0.121. The number of rotatable bonds is 9. The molecule has 3 heterocycles. The van der Waals surface area contributed by atoms with Crippen LogP contribution in [-0.4, -0.2) is 28.6 Å². The Balaban J connectivity index is 1.22. The molecule has 0 saturated heterocycles. The van der Waals surface area contributed by atoms with Crippen LogP contribution in [0.4, 0.5) is 0 Å². The van der Waals surface area contributed by atoms with E-state index in [0.717, 1.165) is 23.3 Å². The highest BCUT2D eigenvalue weighted by molar-refractivity contribution is 6.30. The summed E-state index contributed by atoms with van der Waals surface area (Å²) in [6.07, 6.45) is 4.69. The van der Waals surface area contributed by atoms with Crippen LogP contribution >= 0.6 is 11.6 Å². The van der Waals surface area contributed by atoms with E-state index in [9.17, 15) is 4.79 Å². The third-order valence-corrected chi connectivity index (χ3v) is 7.43. The zero-order valence-electron chi connectivity index (χ0n) is 21.3. The van der Waals surface area contributed by atoms with E-state index < -0.39 is 0 Å². The van der Waals surface area contributed by atoms with Crippen LogP contribution in [0.15, 0.2) is 103 Å². The molecule has 0 bridgehead atoms. The molecule has 2 aromatic heterocycles. The third kappa shape index (κ3) is 5.47. The smallest absolute Gasteiger partial charge is 0.231 e. The van der Waals surface area contributed by atoms with Crippen molar-refractivity contribution in [2.24, 2.45) is 0 Å². The van der Waals surface area contributed by atoms with Crippen molar-refractivity contribution in [1.82, 2.24) is 14.7 Å². The highest BCUT2D eigenvalue weighted by Crippen LogP contribution is 2.38. The number of ether oxygens (including phenoxy) is 2. The fourth-order valence-corrected chi connectivity index (χ4v) is 5.42. The Morgan fingerprint density at radius 1 is 0.872 bits per heavy atom. The van der Waals surface area contributed by atoms with Crippen LogP contribution in [0.5, 0.6) is 11.5 Å². The number of aromatic nitrogens is 2. The number of nitrogens with one attached hydrogen (secondary N) is 1. The van der Waals surface area contributed by atoms with Gasteiger partial charge >= 0.3 is 0 Å². The minimum atomic E-state index is -0.257. The Hall–Kier alpha value is -4.29. The van der Waals surface area contributed by atoms with E-state index in [1.54, 1.807) is 0 Å². The van der Waals surface area contributed by atoms with Crippen LogP contribution < -0.4 is 14.8 Å². The monoisotopic (exact) mass is 537 g/mol. The Bertz CT molecular complexity index is 1550. The molecule has 0 saturated carbocycles. The van der Waals surface area contributed by atoms with Gasteiger partial charge in [-0.15, -0.1) is 0 Å². The molecular formula is C32H28ClN3O3. The van der Waals surface area contributed by atoms with Crippen molar-refractivity contribution < 1.29 is 14.3 Å². The van der Waals surface area contributed by atoms with Gasteiger partial charge in [0.15, 0.2) is 11.5 Å². The van der Waals surface area contributed by atoms with E-state index in [0.29, 0.717) is 23.1 Å². The number of imidazole rings is 1. The van der Waals surface area contributed by atoms with E-state index >= 15 is 0 Å². The summed E-state index contributed by atoms with van der Waals surface area (Å²) in [6, 6.07) is 30.4. The Labute approximate surface area is 232 Å². The van der Waals surface area contributed by atoms with Crippen LogP contribution in [-0.2, 0) is 4.79 Å². The van der Waals surface area contributed by atoms with Gasteiger partial charge in [-0.3, -0.25) is 4.79 Å². The van der Waals surface area contributed by atoms with Crippen LogP contribution in [0.25, 0.3) is 5.65 Å². The van der Waals surface area contributed by atoms with Crippen molar-refractivity contribution >= 4 is 23.2 Å². The summed E-state index contributed by atoms with van der Waals surface area (Å²) in [5, 5.41) is 3.78. The minimum Gasteiger partial charge on any atom is -0.454 e. The van der Waals surface area contributed by atoms with Gasteiger partial charge < -0.3 is 19.2 Å². The summed E-state index contributed by atoms with van der Waals surface area (Å²) >= 11 is 6.32. The van der Waals surface area contributed by atoms with Crippen molar-refractivity contribution in [3.05, 3.63) is 131 Å². The molecule has 7 heteroatoms. The molecule has 39 heavy (non-hydrogen) atoms. The molecule has 6 rings (SSSR count). The van der Waals surface area contributed by atoms with Gasteiger partial charge in [0.2, 0.25) is 12.7 Å². The van der Waals surface area contributed by atoms with Crippen molar-refractivity contribution in [3.8, 4) is 11.5 Å². The number of pyridine rings is 1. The average Bonchev–Trinajstić information content (AvgIpc) is 3.61. The van der Waals surface area contributed by atoms with Gasteiger partial charge in [-0.25, -0.2) is 4.98 Å². The summed E-state index contributed by atoms with van der Waals surface area (Å²) in [4.78, 5) is 17.9. The zero-order chi connectivity index (χ0) is 26.6. The molecule has 196 valence electrons. The molecular weight excluding hydrogens is 510 g/mol. The van der Waals surface area contributed by atoms with Crippen molar-refractivity contribution in [1.29, 1.82) is 0 Å². The number of hydrogen-bond acceptors (Lipinski definition) is 4. The van der Waals surface area contributed by atoms with E-state index in [-0.39, 0.29) is 31.0 Å². The molecule has 1 unspecified atom stereocenters. The van der Waals surface area contributed by atoms with Gasteiger partial charge in [-0.2, -0.15) is 0 Å². The van der Waals surface area contributed by atoms with Gasteiger partial charge in [0.05, 0.1) is 10.7 Å². The number of nitrogens with zero attached hydrogens (tertiary/aromatic N) is 2. The number of carbonyl (C=O) groups excluding carboxylic acids is 1. The van der Waals surface area contributed by atoms with Gasteiger partial charge in [0.25, 0.3) is 0 Å². The molecule has 3 aromatic carbocycles. The predicted octanol–water partition coefficient (Wildman–Crippen LogP) is 6.58.